The molecule has 0 aliphatic heterocycles. The summed E-state index contributed by atoms with van der Waals surface area (Å²) in [6.45, 7) is 1.42. The molecular weight excluding hydrogens is 398 g/mol. The number of benzene rings is 2. The maximum atomic E-state index is 12.0. The molecule has 7 nitrogen and oxygen atoms in total. The number of carbonyl (C=O) groups excluding carboxylic acids is 2. The zero-order chi connectivity index (χ0) is 21.4. The van der Waals surface area contributed by atoms with Gasteiger partial charge in [0.2, 0.25) is 5.75 Å². The van der Waals surface area contributed by atoms with Gasteiger partial charge in [-0.2, -0.15) is 0 Å². The van der Waals surface area contributed by atoms with Crippen molar-refractivity contribution in [2.24, 2.45) is 0 Å². The van der Waals surface area contributed by atoms with E-state index in [-0.39, 0.29) is 13.0 Å². The summed E-state index contributed by atoms with van der Waals surface area (Å²) in [4.78, 5) is 24.0. The van der Waals surface area contributed by atoms with E-state index in [1.54, 1.807) is 37.3 Å². The molecule has 2 aromatic carbocycles. The molecule has 29 heavy (non-hydrogen) atoms. The number of anilines is 1. The van der Waals surface area contributed by atoms with Crippen molar-refractivity contribution in [3.05, 3.63) is 46.5 Å². The monoisotopic (exact) mass is 421 g/mol. The number of carbonyl (C=O) groups is 2. The lowest BCUT2D eigenvalue weighted by Crippen LogP contribution is -2.21. The zero-order valence-corrected chi connectivity index (χ0v) is 17.6. The molecule has 1 amide bonds. The van der Waals surface area contributed by atoms with Gasteiger partial charge in [-0.05, 0) is 48.7 Å². The normalized spacial score (nSPS) is 10.2. The Morgan fingerprint density at radius 2 is 1.69 bits per heavy atom. The summed E-state index contributed by atoms with van der Waals surface area (Å²) < 4.78 is 20.9. The molecule has 0 radical (unpaired) electrons. The van der Waals surface area contributed by atoms with E-state index in [0.29, 0.717) is 34.4 Å². The minimum absolute atomic E-state index is 0.0993. The average Bonchev–Trinajstić information content (AvgIpc) is 2.73. The Labute approximate surface area is 174 Å². The standard InChI is InChI=1S/C21H24ClNO6/c1-13-15(22)6-5-7-16(13)23-19(24)12-29-20(25)9-8-14-10-17(26-2)21(28-4)18(11-14)27-3/h5-7,10-11H,8-9,12H2,1-4H3,(H,23,24). The van der Waals surface area contributed by atoms with Crippen LogP contribution in [-0.2, 0) is 20.7 Å². The van der Waals surface area contributed by atoms with Crippen LogP contribution in [0.2, 0.25) is 5.02 Å². The lowest BCUT2D eigenvalue weighted by molar-refractivity contribution is -0.147. The second-order valence-electron chi connectivity index (χ2n) is 6.15. The first-order valence-electron chi connectivity index (χ1n) is 8.89. The fourth-order valence-corrected chi connectivity index (χ4v) is 2.85. The van der Waals surface area contributed by atoms with E-state index < -0.39 is 11.9 Å². The third kappa shape index (κ3) is 6.02. The lowest BCUT2D eigenvalue weighted by atomic mass is 10.1. The second kappa shape index (κ2) is 10.6. The number of methoxy groups -OCH3 is 3. The Morgan fingerprint density at radius 3 is 2.28 bits per heavy atom. The first-order chi connectivity index (χ1) is 13.9. The van der Waals surface area contributed by atoms with Gasteiger partial charge in [-0.25, -0.2) is 0 Å². The van der Waals surface area contributed by atoms with Crippen LogP contribution in [0.25, 0.3) is 0 Å². The number of amides is 1. The second-order valence-corrected chi connectivity index (χ2v) is 6.56. The van der Waals surface area contributed by atoms with Crippen LogP contribution in [0.4, 0.5) is 5.69 Å². The number of halogens is 1. The summed E-state index contributed by atoms with van der Waals surface area (Å²) >= 11 is 6.02. The maximum Gasteiger partial charge on any atom is 0.306 e. The zero-order valence-electron chi connectivity index (χ0n) is 16.8. The van der Waals surface area contributed by atoms with Gasteiger partial charge in [0.05, 0.1) is 21.3 Å². The third-order valence-electron chi connectivity index (χ3n) is 4.25. The van der Waals surface area contributed by atoms with Crippen LogP contribution in [0.1, 0.15) is 17.5 Å². The number of rotatable bonds is 9. The SMILES string of the molecule is COc1cc(CCC(=O)OCC(=O)Nc2cccc(Cl)c2C)cc(OC)c1OC. The Morgan fingerprint density at radius 1 is 1.03 bits per heavy atom. The Hall–Kier alpha value is -2.93. The topological polar surface area (TPSA) is 83.1 Å². The first-order valence-corrected chi connectivity index (χ1v) is 9.26. The van der Waals surface area contributed by atoms with Crippen molar-refractivity contribution in [2.45, 2.75) is 19.8 Å². The van der Waals surface area contributed by atoms with Gasteiger partial charge in [0.25, 0.3) is 5.91 Å². The van der Waals surface area contributed by atoms with Crippen LogP contribution < -0.4 is 19.5 Å². The third-order valence-corrected chi connectivity index (χ3v) is 4.66. The number of ether oxygens (including phenoxy) is 4. The maximum absolute atomic E-state index is 12.0. The summed E-state index contributed by atoms with van der Waals surface area (Å²) in [5.41, 5.74) is 2.14. The van der Waals surface area contributed by atoms with Crippen LogP contribution in [0.5, 0.6) is 17.2 Å². The summed E-state index contributed by atoms with van der Waals surface area (Å²) in [5.74, 6) is 0.570. The van der Waals surface area contributed by atoms with Gasteiger partial charge in [-0.1, -0.05) is 17.7 Å². The Balaban J connectivity index is 1.88. The van der Waals surface area contributed by atoms with Crippen molar-refractivity contribution >= 4 is 29.2 Å². The van der Waals surface area contributed by atoms with Crippen molar-refractivity contribution in [1.29, 1.82) is 0 Å². The quantitative estimate of drug-likeness (QED) is 0.620. The lowest BCUT2D eigenvalue weighted by Gasteiger charge is -2.14. The molecule has 0 heterocycles. The minimum atomic E-state index is -0.489. The van der Waals surface area contributed by atoms with E-state index in [0.717, 1.165) is 11.1 Å². The molecule has 0 aromatic heterocycles. The summed E-state index contributed by atoms with van der Waals surface area (Å²) in [6, 6.07) is 8.72. The van der Waals surface area contributed by atoms with Gasteiger partial charge in [-0.15, -0.1) is 0 Å². The van der Waals surface area contributed by atoms with Crippen LogP contribution in [-0.4, -0.2) is 39.8 Å². The fraction of sp³-hybridized carbons (Fsp3) is 0.333. The molecule has 156 valence electrons. The van der Waals surface area contributed by atoms with Crippen molar-refractivity contribution in [2.75, 3.05) is 33.3 Å². The van der Waals surface area contributed by atoms with E-state index in [1.165, 1.54) is 21.3 Å². The van der Waals surface area contributed by atoms with Crippen molar-refractivity contribution in [1.82, 2.24) is 0 Å². The number of nitrogens with one attached hydrogen (secondary N) is 1. The van der Waals surface area contributed by atoms with Crippen LogP contribution >= 0.6 is 11.6 Å². The van der Waals surface area contributed by atoms with Gasteiger partial charge >= 0.3 is 5.97 Å². The van der Waals surface area contributed by atoms with Crippen molar-refractivity contribution in [3.8, 4) is 17.2 Å². The van der Waals surface area contributed by atoms with Gasteiger partial charge in [0.15, 0.2) is 18.1 Å². The molecule has 0 saturated heterocycles. The summed E-state index contributed by atoms with van der Waals surface area (Å²) in [6.07, 6.45) is 0.493. The highest BCUT2D eigenvalue weighted by Crippen LogP contribution is 2.38. The molecule has 0 unspecified atom stereocenters. The summed E-state index contributed by atoms with van der Waals surface area (Å²) in [5, 5.41) is 3.22. The molecule has 2 rings (SSSR count). The highest BCUT2D eigenvalue weighted by atomic mass is 35.5. The van der Waals surface area contributed by atoms with Gasteiger partial charge < -0.3 is 24.3 Å². The average molecular weight is 422 g/mol. The molecule has 8 heteroatoms. The van der Waals surface area contributed by atoms with Gasteiger partial charge in [0.1, 0.15) is 0 Å². The number of hydrogen-bond donors (Lipinski definition) is 1. The predicted molar refractivity (Wildman–Crippen MR) is 110 cm³/mol. The molecule has 0 spiro atoms. The molecule has 0 aliphatic rings. The highest BCUT2D eigenvalue weighted by Gasteiger charge is 2.15. The summed E-state index contributed by atoms with van der Waals surface area (Å²) in [7, 11) is 4.57. The molecule has 0 fully saturated rings. The minimum Gasteiger partial charge on any atom is -0.493 e. The van der Waals surface area contributed by atoms with Crippen molar-refractivity contribution < 1.29 is 28.5 Å². The van der Waals surface area contributed by atoms with E-state index in [1.807, 2.05) is 0 Å². The van der Waals surface area contributed by atoms with Crippen LogP contribution in [0, 0.1) is 6.92 Å². The van der Waals surface area contributed by atoms with Crippen molar-refractivity contribution in [3.63, 3.8) is 0 Å². The predicted octanol–water partition coefficient (Wildman–Crippen LogP) is 3.79. The number of esters is 1. The van der Waals surface area contributed by atoms with Gasteiger partial charge in [0, 0.05) is 17.1 Å². The first kappa shape index (κ1) is 22.4. The molecule has 0 bridgehead atoms. The van der Waals surface area contributed by atoms with Crippen LogP contribution in [0.15, 0.2) is 30.3 Å². The molecule has 0 saturated carbocycles. The van der Waals surface area contributed by atoms with Gasteiger partial charge in [-0.3, -0.25) is 9.59 Å². The molecule has 2 aromatic rings. The Kier molecular flexibility index (Phi) is 8.15. The highest BCUT2D eigenvalue weighted by molar-refractivity contribution is 6.31. The Bertz CT molecular complexity index is 858. The molecule has 1 N–H and O–H groups in total. The van der Waals surface area contributed by atoms with E-state index >= 15 is 0 Å². The molecular formula is C21H24ClNO6. The number of hydrogen-bond acceptors (Lipinski definition) is 6. The smallest absolute Gasteiger partial charge is 0.306 e. The van der Waals surface area contributed by atoms with E-state index in [4.69, 9.17) is 30.5 Å². The molecule has 0 aliphatic carbocycles. The molecule has 0 atom stereocenters. The van der Waals surface area contributed by atoms with E-state index in [9.17, 15) is 9.59 Å². The largest absolute Gasteiger partial charge is 0.493 e. The van der Waals surface area contributed by atoms with E-state index in [2.05, 4.69) is 5.32 Å². The fourth-order valence-electron chi connectivity index (χ4n) is 2.67. The van der Waals surface area contributed by atoms with Crippen LogP contribution in [0.3, 0.4) is 0 Å². The number of aryl methyl sites for hydroxylation is 1.